The van der Waals surface area contributed by atoms with Gasteiger partial charge >= 0.3 is 5.97 Å². The highest BCUT2D eigenvalue weighted by molar-refractivity contribution is 8.00. The molecule has 0 unspecified atom stereocenters. The summed E-state index contributed by atoms with van der Waals surface area (Å²) in [4.78, 5) is 27.4. The Kier molecular flexibility index (Phi) is 7.33. The van der Waals surface area contributed by atoms with Crippen LogP contribution in [0.5, 0.6) is 0 Å². The molecule has 1 fully saturated rings. The predicted molar refractivity (Wildman–Crippen MR) is 111 cm³/mol. The Hall–Kier alpha value is -2.51. The van der Waals surface area contributed by atoms with Gasteiger partial charge in [0, 0.05) is 29.4 Å². The number of esters is 1. The van der Waals surface area contributed by atoms with Crippen molar-refractivity contribution in [2.45, 2.75) is 17.1 Å². The van der Waals surface area contributed by atoms with Gasteiger partial charge in [0.1, 0.15) is 5.25 Å². The Morgan fingerprint density at radius 3 is 2.46 bits per heavy atom. The van der Waals surface area contributed by atoms with Crippen molar-refractivity contribution in [3.05, 3.63) is 54.6 Å². The summed E-state index contributed by atoms with van der Waals surface area (Å²) in [7, 11) is 0. The van der Waals surface area contributed by atoms with Gasteiger partial charge < -0.3 is 19.7 Å². The number of rotatable bonds is 7. The van der Waals surface area contributed by atoms with E-state index in [1.807, 2.05) is 54.6 Å². The molecule has 7 heteroatoms. The molecule has 0 aromatic heterocycles. The second kappa shape index (κ2) is 10.1. The van der Waals surface area contributed by atoms with Crippen molar-refractivity contribution in [1.29, 1.82) is 0 Å². The third-order valence-corrected chi connectivity index (χ3v) is 5.35. The summed E-state index contributed by atoms with van der Waals surface area (Å²) >= 11 is 1.40. The first-order valence-corrected chi connectivity index (χ1v) is 10.1. The molecule has 1 saturated heterocycles. The van der Waals surface area contributed by atoms with Gasteiger partial charge in [0.15, 0.2) is 6.61 Å². The average molecular weight is 401 g/mol. The van der Waals surface area contributed by atoms with Crippen LogP contribution in [0.1, 0.15) is 6.92 Å². The van der Waals surface area contributed by atoms with Crippen molar-refractivity contribution in [3.8, 4) is 0 Å². The zero-order chi connectivity index (χ0) is 19.8. The zero-order valence-electron chi connectivity index (χ0n) is 15.8. The quantitative estimate of drug-likeness (QED) is 0.569. The van der Waals surface area contributed by atoms with E-state index in [2.05, 4.69) is 10.2 Å². The molecular formula is C21H24N2O4S. The van der Waals surface area contributed by atoms with Crippen molar-refractivity contribution in [1.82, 2.24) is 0 Å². The second-order valence-electron chi connectivity index (χ2n) is 6.38. The van der Waals surface area contributed by atoms with E-state index in [1.54, 1.807) is 6.92 Å². The molecule has 0 spiro atoms. The molecule has 1 heterocycles. The molecule has 0 bridgehead atoms. The van der Waals surface area contributed by atoms with E-state index in [4.69, 9.17) is 9.47 Å². The summed E-state index contributed by atoms with van der Waals surface area (Å²) in [5, 5.41) is 2.36. The number of morpholine rings is 1. The van der Waals surface area contributed by atoms with Crippen LogP contribution in [0.25, 0.3) is 0 Å². The fourth-order valence-corrected chi connectivity index (χ4v) is 3.67. The molecule has 3 rings (SSSR count). The molecule has 2 aromatic carbocycles. The van der Waals surface area contributed by atoms with Crippen LogP contribution in [0.15, 0.2) is 59.5 Å². The lowest BCUT2D eigenvalue weighted by molar-refractivity contribution is -0.146. The summed E-state index contributed by atoms with van der Waals surface area (Å²) < 4.78 is 10.5. The van der Waals surface area contributed by atoms with Crippen molar-refractivity contribution >= 4 is 35.0 Å². The lowest BCUT2D eigenvalue weighted by Crippen LogP contribution is -2.36. The number of carbonyl (C=O) groups excluding carboxylic acids is 2. The van der Waals surface area contributed by atoms with Crippen molar-refractivity contribution in [2.75, 3.05) is 43.1 Å². The van der Waals surface area contributed by atoms with E-state index in [9.17, 15) is 9.59 Å². The first-order valence-electron chi connectivity index (χ1n) is 9.23. The average Bonchev–Trinajstić information content (AvgIpc) is 2.74. The van der Waals surface area contributed by atoms with Gasteiger partial charge in [0.05, 0.1) is 13.2 Å². The Morgan fingerprint density at radius 2 is 1.79 bits per heavy atom. The van der Waals surface area contributed by atoms with Crippen molar-refractivity contribution in [2.24, 2.45) is 0 Å². The Labute approximate surface area is 169 Å². The van der Waals surface area contributed by atoms with Gasteiger partial charge in [0.25, 0.3) is 5.91 Å². The number of hydrogen-bond acceptors (Lipinski definition) is 6. The monoisotopic (exact) mass is 400 g/mol. The molecule has 1 N–H and O–H groups in total. The minimum absolute atomic E-state index is 0.302. The molecule has 1 atom stereocenters. The molecule has 148 valence electrons. The van der Waals surface area contributed by atoms with Crippen LogP contribution in [-0.2, 0) is 19.1 Å². The van der Waals surface area contributed by atoms with E-state index >= 15 is 0 Å². The normalized spacial score (nSPS) is 15.0. The minimum atomic E-state index is -0.410. The molecule has 28 heavy (non-hydrogen) atoms. The highest BCUT2D eigenvalue weighted by Crippen LogP contribution is 2.23. The first-order chi connectivity index (χ1) is 13.6. The SMILES string of the molecule is C[C@H](Sc1ccccc1)C(=O)OCC(=O)Nc1ccc(N2CCOCC2)cc1. The van der Waals surface area contributed by atoms with Crippen molar-refractivity contribution in [3.63, 3.8) is 0 Å². The van der Waals surface area contributed by atoms with Gasteiger partial charge in [-0.25, -0.2) is 0 Å². The van der Waals surface area contributed by atoms with E-state index in [0.717, 1.165) is 36.9 Å². The van der Waals surface area contributed by atoms with Gasteiger partial charge in [0.2, 0.25) is 0 Å². The minimum Gasteiger partial charge on any atom is -0.455 e. The molecule has 1 amide bonds. The number of hydrogen-bond donors (Lipinski definition) is 1. The van der Waals surface area contributed by atoms with Crippen LogP contribution in [0.2, 0.25) is 0 Å². The maximum atomic E-state index is 12.1. The molecule has 1 aliphatic heterocycles. The number of nitrogens with zero attached hydrogens (tertiary/aromatic N) is 1. The zero-order valence-corrected chi connectivity index (χ0v) is 16.6. The second-order valence-corrected chi connectivity index (χ2v) is 7.79. The molecule has 0 aliphatic carbocycles. The van der Waals surface area contributed by atoms with Crippen LogP contribution < -0.4 is 10.2 Å². The number of benzene rings is 2. The summed E-state index contributed by atoms with van der Waals surface area (Å²) in [6.07, 6.45) is 0. The highest BCUT2D eigenvalue weighted by Gasteiger charge is 2.17. The van der Waals surface area contributed by atoms with Crippen LogP contribution in [0.4, 0.5) is 11.4 Å². The van der Waals surface area contributed by atoms with Gasteiger partial charge in [-0.2, -0.15) is 0 Å². The van der Waals surface area contributed by atoms with Gasteiger partial charge in [-0.15, -0.1) is 11.8 Å². The molecule has 6 nitrogen and oxygen atoms in total. The molecule has 1 aliphatic rings. The topological polar surface area (TPSA) is 67.9 Å². The van der Waals surface area contributed by atoms with E-state index in [-0.39, 0.29) is 17.8 Å². The Morgan fingerprint density at radius 1 is 1.11 bits per heavy atom. The van der Waals surface area contributed by atoms with E-state index < -0.39 is 5.97 Å². The number of ether oxygens (including phenoxy) is 2. The molecular weight excluding hydrogens is 376 g/mol. The maximum Gasteiger partial charge on any atom is 0.319 e. The number of anilines is 2. The third kappa shape index (κ3) is 6.00. The standard InChI is InChI=1S/C21H24N2O4S/c1-16(28-19-5-3-2-4-6-19)21(25)27-15-20(24)22-17-7-9-18(10-8-17)23-11-13-26-14-12-23/h2-10,16H,11-15H2,1H3,(H,22,24)/t16-/m0/s1. The van der Waals surface area contributed by atoms with Gasteiger partial charge in [-0.1, -0.05) is 18.2 Å². The lowest BCUT2D eigenvalue weighted by Gasteiger charge is -2.28. The van der Waals surface area contributed by atoms with E-state index in [0.29, 0.717) is 5.69 Å². The predicted octanol–water partition coefficient (Wildman–Crippen LogP) is 3.19. The largest absolute Gasteiger partial charge is 0.455 e. The summed E-state index contributed by atoms with van der Waals surface area (Å²) in [6, 6.07) is 17.2. The van der Waals surface area contributed by atoms with Gasteiger partial charge in [-0.05, 0) is 43.3 Å². The highest BCUT2D eigenvalue weighted by atomic mass is 32.2. The Balaban J connectivity index is 1.42. The van der Waals surface area contributed by atoms with E-state index in [1.165, 1.54) is 11.8 Å². The third-order valence-electron chi connectivity index (χ3n) is 4.26. The van der Waals surface area contributed by atoms with Crippen LogP contribution in [0, 0.1) is 0 Å². The first kappa shape index (κ1) is 20.2. The fraction of sp³-hybridized carbons (Fsp3) is 0.333. The summed E-state index contributed by atoms with van der Waals surface area (Å²) in [6.45, 7) is 4.64. The smallest absolute Gasteiger partial charge is 0.319 e. The lowest BCUT2D eigenvalue weighted by atomic mass is 10.2. The van der Waals surface area contributed by atoms with Crippen molar-refractivity contribution < 1.29 is 19.1 Å². The summed E-state index contributed by atoms with van der Waals surface area (Å²) in [5.74, 6) is -0.768. The number of amides is 1. The number of nitrogens with one attached hydrogen (secondary N) is 1. The Bertz CT molecular complexity index is 777. The summed E-state index contributed by atoms with van der Waals surface area (Å²) in [5.41, 5.74) is 1.77. The van der Waals surface area contributed by atoms with Crippen LogP contribution in [0.3, 0.4) is 0 Å². The van der Waals surface area contributed by atoms with Gasteiger partial charge in [-0.3, -0.25) is 9.59 Å². The molecule has 2 aromatic rings. The fourth-order valence-electron chi connectivity index (χ4n) is 2.78. The number of thioether (sulfide) groups is 1. The maximum absolute atomic E-state index is 12.1. The number of carbonyl (C=O) groups is 2. The molecule has 0 saturated carbocycles. The van der Waals surface area contributed by atoms with Crippen LogP contribution in [-0.4, -0.2) is 50.0 Å². The molecule has 0 radical (unpaired) electrons. The van der Waals surface area contributed by atoms with Crippen LogP contribution >= 0.6 is 11.8 Å².